The maximum Gasteiger partial charge on any atom is 0.330 e. The van der Waals surface area contributed by atoms with Crippen molar-refractivity contribution in [1.29, 1.82) is 0 Å². The minimum absolute atomic E-state index is 0.0232. The molecular formula is C7H6N4O2. The van der Waals surface area contributed by atoms with E-state index in [1.165, 1.54) is 18.6 Å². The first-order valence-electron chi connectivity index (χ1n) is 3.66. The van der Waals surface area contributed by atoms with Gasteiger partial charge in [0.25, 0.3) is 5.91 Å². The van der Waals surface area contributed by atoms with Crippen LogP contribution >= 0.6 is 0 Å². The van der Waals surface area contributed by atoms with Crippen LogP contribution in [0.4, 0.5) is 10.6 Å². The second kappa shape index (κ2) is 2.81. The van der Waals surface area contributed by atoms with Gasteiger partial charge in [0.05, 0.1) is 12.7 Å². The number of hydrogen-bond acceptors (Lipinski definition) is 4. The Hall–Kier alpha value is -1.98. The van der Waals surface area contributed by atoms with Crippen molar-refractivity contribution in [3.05, 3.63) is 18.6 Å². The Morgan fingerprint density at radius 1 is 1.38 bits per heavy atom. The quantitative estimate of drug-likeness (QED) is 0.590. The van der Waals surface area contributed by atoms with Gasteiger partial charge in [0, 0.05) is 12.4 Å². The fourth-order valence-electron chi connectivity index (χ4n) is 1.06. The molecule has 13 heavy (non-hydrogen) atoms. The lowest BCUT2D eigenvalue weighted by atomic mass is 10.5. The van der Waals surface area contributed by atoms with Crippen molar-refractivity contribution in [1.82, 2.24) is 15.3 Å². The molecule has 1 N–H and O–H groups in total. The van der Waals surface area contributed by atoms with Crippen LogP contribution < -0.4 is 10.2 Å². The molecule has 0 saturated carbocycles. The lowest BCUT2D eigenvalue weighted by molar-refractivity contribution is -0.115. The summed E-state index contributed by atoms with van der Waals surface area (Å²) in [6.45, 7) is 0.0232. The number of nitrogens with one attached hydrogen (secondary N) is 1. The lowest BCUT2D eigenvalue weighted by Crippen LogP contribution is -2.31. The van der Waals surface area contributed by atoms with E-state index in [9.17, 15) is 9.59 Å². The van der Waals surface area contributed by atoms with Gasteiger partial charge in [-0.2, -0.15) is 0 Å². The molecule has 2 heterocycles. The Bertz CT molecular complexity index is 335. The van der Waals surface area contributed by atoms with Gasteiger partial charge in [0.15, 0.2) is 5.82 Å². The Morgan fingerprint density at radius 3 is 2.77 bits per heavy atom. The molecule has 0 aliphatic carbocycles. The molecule has 1 fully saturated rings. The number of carbonyl (C=O) groups excluding carboxylic acids is 2. The molecule has 1 aliphatic rings. The van der Waals surface area contributed by atoms with E-state index in [0.29, 0.717) is 0 Å². The van der Waals surface area contributed by atoms with Gasteiger partial charge in [0.2, 0.25) is 0 Å². The van der Waals surface area contributed by atoms with Gasteiger partial charge >= 0.3 is 6.03 Å². The predicted molar refractivity (Wildman–Crippen MR) is 42.9 cm³/mol. The molecule has 1 saturated heterocycles. The zero-order valence-electron chi connectivity index (χ0n) is 6.60. The van der Waals surface area contributed by atoms with Gasteiger partial charge in [-0.25, -0.2) is 14.7 Å². The predicted octanol–water partition coefficient (Wildman–Crippen LogP) is -0.467. The largest absolute Gasteiger partial charge is 0.330 e. The maximum absolute atomic E-state index is 11.2. The Labute approximate surface area is 73.6 Å². The van der Waals surface area contributed by atoms with Crippen molar-refractivity contribution in [2.45, 2.75) is 0 Å². The fraction of sp³-hybridized carbons (Fsp3) is 0.143. The monoisotopic (exact) mass is 178 g/mol. The Morgan fingerprint density at radius 2 is 2.23 bits per heavy atom. The highest BCUT2D eigenvalue weighted by Crippen LogP contribution is 2.10. The van der Waals surface area contributed by atoms with Crippen LogP contribution in [0.1, 0.15) is 0 Å². The molecule has 6 nitrogen and oxygen atoms in total. The number of amides is 3. The first-order valence-corrected chi connectivity index (χ1v) is 3.66. The molecule has 1 aromatic rings. The molecular weight excluding hydrogens is 172 g/mol. The molecule has 66 valence electrons. The van der Waals surface area contributed by atoms with E-state index in [4.69, 9.17) is 0 Å². The van der Waals surface area contributed by atoms with Gasteiger partial charge in [-0.3, -0.25) is 9.78 Å². The number of rotatable bonds is 1. The lowest BCUT2D eigenvalue weighted by Gasteiger charge is -2.08. The van der Waals surface area contributed by atoms with Crippen LogP contribution in [0.25, 0.3) is 0 Å². The molecule has 6 heteroatoms. The first-order chi connectivity index (χ1) is 6.29. The number of carbonyl (C=O) groups is 2. The van der Waals surface area contributed by atoms with Gasteiger partial charge in [-0.1, -0.05) is 0 Å². The third-order valence-electron chi connectivity index (χ3n) is 1.62. The number of imide groups is 1. The van der Waals surface area contributed by atoms with E-state index < -0.39 is 6.03 Å². The van der Waals surface area contributed by atoms with Crippen molar-refractivity contribution >= 4 is 17.8 Å². The number of nitrogens with zero attached hydrogens (tertiary/aromatic N) is 3. The number of aromatic nitrogens is 2. The highest BCUT2D eigenvalue weighted by atomic mass is 16.2. The number of urea groups is 1. The van der Waals surface area contributed by atoms with Crippen LogP contribution in [0, 0.1) is 0 Å². The summed E-state index contributed by atoms with van der Waals surface area (Å²) in [4.78, 5) is 30.8. The molecule has 0 unspecified atom stereocenters. The van der Waals surface area contributed by atoms with Crippen LogP contribution in [-0.2, 0) is 4.79 Å². The zero-order chi connectivity index (χ0) is 9.26. The van der Waals surface area contributed by atoms with Crippen LogP contribution in [0.2, 0.25) is 0 Å². The highest BCUT2D eigenvalue weighted by Gasteiger charge is 2.30. The third-order valence-corrected chi connectivity index (χ3v) is 1.62. The summed E-state index contributed by atoms with van der Waals surface area (Å²) in [5.74, 6) is -0.0620. The van der Waals surface area contributed by atoms with Crippen LogP contribution in [-0.4, -0.2) is 28.5 Å². The van der Waals surface area contributed by atoms with E-state index in [1.54, 1.807) is 0 Å². The Kier molecular flexibility index (Phi) is 1.66. The molecule has 0 aromatic carbocycles. The van der Waals surface area contributed by atoms with Crippen LogP contribution in [0.3, 0.4) is 0 Å². The topological polar surface area (TPSA) is 75.2 Å². The second-order valence-electron chi connectivity index (χ2n) is 2.45. The zero-order valence-corrected chi connectivity index (χ0v) is 6.60. The molecule has 2 rings (SSSR count). The SMILES string of the molecule is O=C1CNC(=O)N1c1cnccn1. The third kappa shape index (κ3) is 1.22. The normalized spacial score (nSPS) is 16.2. The van der Waals surface area contributed by atoms with E-state index >= 15 is 0 Å². The molecule has 0 spiro atoms. The Balaban J connectivity index is 2.36. The number of anilines is 1. The van der Waals surface area contributed by atoms with E-state index in [-0.39, 0.29) is 18.3 Å². The number of hydrogen-bond donors (Lipinski definition) is 1. The van der Waals surface area contributed by atoms with Gasteiger partial charge in [-0.15, -0.1) is 0 Å². The fourth-order valence-corrected chi connectivity index (χ4v) is 1.06. The summed E-state index contributed by atoms with van der Waals surface area (Å²) in [5, 5.41) is 2.39. The molecule has 3 amide bonds. The van der Waals surface area contributed by atoms with E-state index in [1.807, 2.05) is 0 Å². The second-order valence-corrected chi connectivity index (χ2v) is 2.45. The standard InChI is InChI=1S/C7H6N4O2/c12-6-4-10-7(13)11(6)5-3-8-1-2-9-5/h1-3H,4H2,(H,10,13). The molecule has 1 aromatic heterocycles. The van der Waals surface area contributed by atoms with Gasteiger partial charge in [-0.05, 0) is 0 Å². The minimum atomic E-state index is -0.453. The maximum atomic E-state index is 11.2. The van der Waals surface area contributed by atoms with Gasteiger partial charge < -0.3 is 5.32 Å². The van der Waals surface area contributed by atoms with Gasteiger partial charge in [0.1, 0.15) is 0 Å². The summed E-state index contributed by atoms with van der Waals surface area (Å²) in [6, 6.07) is -0.453. The molecule has 0 atom stereocenters. The smallest absolute Gasteiger partial charge is 0.328 e. The van der Waals surface area contributed by atoms with Crippen molar-refractivity contribution in [2.75, 3.05) is 11.4 Å². The van der Waals surface area contributed by atoms with Crippen molar-refractivity contribution in [2.24, 2.45) is 0 Å². The highest BCUT2D eigenvalue weighted by molar-refractivity contribution is 6.19. The van der Waals surface area contributed by atoms with Crippen LogP contribution in [0.15, 0.2) is 18.6 Å². The average molecular weight is 178 g/mol. The summed E-state index contributed by atoms with van der Waals surface area (Å²) in [6.07, 6.45) is 4.26. The van der Waals surface area contributed by atoms with Crippen LogP contribution in [0.5, 0.6) is 0 Å². The van der Waals surface area contributed by atoms with Crippen molar-refractivity contribution in [3.8, 4) is 0 Å². The average Bonchev–Trinajstić information content (AvgIpc) is 2.48. The molecule has 0 radical (unpaired) electrons. The summed E-state index contributed by atoms with van der Waals surface area (Å²) >= 11 is 0. The molecule has 0 bridgehead atoms. The summed E-state index contributed by atoms with van der Waals surface area (Å²) in [5.41, 5.74) is 0. The minimum Gasteiger partial charge on any atom is -0.328 e. The van der Waals surface area contributed by atoms with Crippen molar-refractivity contribution in [3.63, 3.8) is 0 Å². The molecule has 1 aliphatic heterocycles. The van der Waals surface area contributed by atoms with E-state index in [0.717, 1.165) is 4.90 Å². The van der Waals surface area contributed by atoms with Crippen molar-refractivity contribution < 1.29 is 9.59 Å². The van der Waals surface area contributed by atoms with E-state index in [2.05, 4.69) is 15.3 Å². The summed E-state index contributed by atoms with van der Waals surface area (Å²) in [7, 11) is 0. The summed E-state index contributed by atoms with van der Waals surface area (Å²) < 4.78 is 0. The first kappa shape index (κ1) is 7.66.